The zero-order chi connectivity index (χ0) is 26.7. The monoisotopic (exact) mass is 552 g/mol. The van der Waals surface area contributed by atoms with Gasteiger partial charge in [-0.25, -0.2) is 0 Å². The number of unbranched alkanes of at least 4 members (excludes halogenated alkanes) is 8. The van der Waals surface area contributed by atoms with Crippen molar-refractivity contribution < 1.29 is 0 Å². The van der Waals surface area contributed by atoms with Crippen molar-refractivity contribution in [3.05, 3.63) is 63.0 Å². The van der Waals surface area contributed by atoms with E-state index in [2.05, 4.69) is 77.1 Å². The number of fused-ring (bicyclic) bond motifs is 1. The zero-order valence-corrected chi connectivity index (χ0v) is 27.1. The van der Waals surface area contributed by atoms with Crippen molar-refractivity contribution >= 4 is 47.3 Å². The molecule has 1 aromatic heterocycles. The summed E-state index contributed by atoms with van der Waals surface area (Å²) in [5, 5.41) is 4.82. The molecule has 204 valence electrons. The third-order valence-electron chi connectivity index (χ3n) is 8.34. The number of thiophene rings is 1. The molecule has 3 heteroatoms. The fourth-order valence-electron chi connectivity index (χ4n) is 6.28. The Labute approximate surface area is 239 Å². The van der Waals surface area contributed by atoms with Crippen LogP contribution in [-0.4, -0.2) is 8.07 Å². The molecule has 37 heavy (non-hydrogen) atoms. The fourth-order valence-corrected chi connectivity index (χ4v) is 14.5. The van der Waals surface area contributed by atoms with E-state index in [4.69, 9.17) is 12.6 Å². The molecule has 0 amide bonds. The highest BCUT2D eigenvalue weighted by Crippen LogP contribution is 2.44. The number of benzene rings is 1. The van der Waals surface area contributed by atoms with Gasteiger partial charge in [0.1, 0.15) is 0 Å². The molecule has 0 nitrogen and oxygen atoms in total. The quantitative estimate of drug-likeness (QED) is 0.113. The lowest BCUT2D eigenvalue weighted by molar-refractivity contribution is 0.431. The van der Waals surface area contributed by atoms with Crippen LogP contribution in [0.15, 0.2) is 47.7 Å². The van der Waals surface area contributed by atoms with Crippen LogP contribution in [0.1, 0.15) is 120 Å². The molecule has 2 unspecified atom stereocenters. The summed E-state index contributed by atoms with van der Waals surface area (Å²) in [5.74, 6) is 0.799. The maximum Gasteiger partial charge on any atom is 0.152 e. The van der Waals surface area contributed by atoms with Gasteiger partial charge in [0.15, 0.2) is 8.07 Å². The molecule has 0 radical (unpaired) electrons. The van der Waals surface area contributed by atoms with Crippen molar-refractivity contribution in [2.75, 3.05) is 0 Å². The number of aryl methyl sites for hydroxylation is 2. The van der Waals surface area contributed by atoms with Crippen LogP contribution in [0.25, 0.3) is 4.91 Å². The SMILES string of the molecule is CCC=CC1=C(S)c2sc(C)cc2[Si]1(CC(CCCCCC)CCCCCCCC)c1ccc(C)cc1. The van der Waals surface area contributed by atoms with E-state index in [1.807, 2.05) is 11.3 Å². The third-order valence-corrected chi connectivity index (χ3v) is 15.6. The van der Waals surface area contributed by atoms with Crippen molar-refractivity contribution in [1.29, 1.82) is 0 Å². The lowest BCUT2D eigenvalue weighted by atomic mass is 9.96. The first-order valence-electron chi connectivity index (χ1n) is 15.3. The number of thiol groups is 1. The molecule has 0 spiro atoms. The standard InChI is InChI=1S/C34H52S2Si/c1-6-9-12-14-15-17-19-29(18-16-13-10-7-2)26-37(30-23-21-27(4)22-24-30)31(20-11-8-3)33(35)34-32(37)25-28(5)36-34/h11,20-25,29,35H,6-10,12-19,26H2,1-5H3. The summed E-state index contributed by atoms with van der Waals surface area (Å²) in [6, 6.07) is 13.5. The molecule has 0 bridgehead atoms. The topological polar surface area (TPSA) is 0 Å². The average Bonchev–Trinajstić information content (AvgIpc) is 3.38. The van der Waals surface area contributed by atoms with Gasteiger partial charge in [0, 0.05) is 14.7 Å². The Morgan fingerprint density at radius 3 is 2.05 bits per heavy atom. The fraction of sp³-hybridized carbons (Fsp3) is 0.588. The van der Waals surface area contributed by atoms with Crippen LogP contribution in [-0.2, 0) is 0 Å². The van der Waals surface area contributed by atoms with Gasteiger partial charge in [-0.1, -0.05) is 140 Å². The van der Waals surface area contributed by atoms with Crippen molar-refractivity contribution in [2.45, 2.75) is 124 Å². The van der Waals surface area contributed by atoms with Crippen LogP contribution in [0, 0.1) is 19.8 Å². The molecule has 2 aromatic rings. The summed E-state index contributed by atoms with van der Waals surface area (Å²) in [5.41, 5.74) is 1.36. The van der Waals surface area contributed by atoms with Crippen LogP contribution >= 0.6 is 24.0 Å². The first kappa shape index (κ1) is 30.5. The molecule has 2 atom stereocenters. The molecule has 1 aromatic carbocycles. The van der Waals surface area contributed by atoms with Gasteiger partial charge in [0.25, 0.3) is 0 Å². The van der Waals surface area contributed by atoms with Crippen LogP contribution in [0.5, 0.6) is 0 Å². The molecule has 1 aliphatic heterocycles. The summed E-state index contributed by atoms with van der Waals surface area (Å²) < 4.78 is 0. The molecule has 3 rings (SSSR count). The molecule has 0 N–H and O–H groups in total. The Bertz CT molecular complexity index is 1010. The molecule has 0 saturated carbocycles. The Kier molecular flexibility index (Phi) is 12.8. The minimum atomic E-state index is -2.15. The van der Waals surface area contributed by atoms with E-state index in [1.165, 1.54) is 103 Å². The summed E-state index contributed by atoms with van der Waals surface area (Å²) in [6.07, 6.45) is 22.6. The zero-order valence-electron chi connectivity index (χ0n) is 24.4. The first-order valence-corrected chi connectivity index (χ1v) is 18.7. The second-order valence-corrected chi connectivity index (χ2v) is 17.0. The minimum absolute atomic E-state index is 0.799. The second-order valence-electron chi connectivity index (χ2n) is 11.4. The Morgan fingerprint density at radius 2 is 1.43 bits per heavy atom. The summed E-state index contributed by atoms with van der Waals surface area (Å²) in [7, 11) is -2.15. The highest BCUT2D eigenvalue weighted by molar-refractivity contribution is 7.91. The number of hydrogen-bond donors (Lipinski definition) is 1. The van der Waals surface area contributed by atoms with Crippen molar-refractivity contribution in [3.8, 4) is 0 Å². The van der Waals surface area contributed by atoms with E-state index >= 15 is 0 Å². The van der Waals surface area contributed by atoms with Gasteiger partial charge in [-0.3, -0.25) is 0 Å². The second kappa shape index (κ2) is 15.5. The van der Waals surface area contributed by atoms with Gasteiger partial charge in [0.2, 0.25) is 0 Å². The van der Waals surface area contributed by atoms with E-state index in [-0.39, 0.29) is 0 Å². The van der Waals surface area contributed by atoms with Crippen molar-refractivity contribution in [1.82, 2.24) is 0 Å². The molecule has 1 aliphatic rings. The van der Waals surface area contributed by atoms with Gasteiger partial charge < -0.3 is 0 Å². The van der Waals surface area contributed by atoms with Crippen LogP contribution in [0.2, 0.25) is 6.04 Å². The van der Waals surface area contributed by atoms with Gasteiger partial charge in [-0.2, -0.15) is 0 Å². The highest BCUT2D eigenvalue weighted by Gasteiger charge is 2.49. The van der Waals surface area contributed by atoms with E-state index in [9.17, 15) is 0 Å². The lowest BCUT2D eigenvalue weighted by Crippen LogP contribution is -2.59. The Balaban J connectivity index is 2.00. The van der Waals surface area contributed by atoms with Crippen molar-refractivity contribution in [2.24, 2.45) is 5.92 Å². The first-order chi connectivity index (χ1) is 18.0. The minimum Gasteiger partial charge on any atom is -0.142 e. The largest absolute Gasteiger partial charge is 0.152 e. The normalized spacial score (nSPS) is 18.2. The van der Waals surface area contributed by atoms with E-state index in [1.54, 1.807) is 15.6 Å². The molecule has 0 fully saturated rings. The highest BCUT2D eigenvalue weighted by atomic mass is 32.1. The van der Waals surface area contributed by atoms with E-state index < -0.39 is 8.07 Å². The summed E-state index contributed by atoms with van der Waals surface area (Å²) in [4.78, 5) is 4.18. The predicted octanol–water partition coefficient (Wildman–Crippen LogP) is 10.4. The predicted molar refractivity (Wildman–Crippen MR) is 176 cm³/mol. The molecular weight excluding hydrogens is 501 g/mol. The molecule has 0 saturated heterocycles. The summed E-state index contributed by atoms with van der Waals surface area (Å²) >= 11 is 7.22. The summed E-state index contributed by atoms with van der Waals surface area (Å²) in [6.45, 7) is 11.4. The lowest BCUT2D eigenvalue weighted by Gasteiger charge is -2.35. The number of allylic oxidation sites excluding steroid dienone is 3. The number of rotatable bonds is 17. The van der Waals surface area contributed by atoms with Gasteiger partial charge in [0.05, 0.1) is 0 Å². The number of hydrogen-bond acceptors (Lipinski definition) is 2. The smallest absolute Gasteiger partial charge is 0.142 e. The maximum atomic E-state index is 5.25. The third kappa shape index (κ3) is 7.76. The molecule has 0 aliphatic carbocycles. The van der Waals surface area contributed by atoms with Gasteiger partial charge >= 0.3 is 0 Å². The van der Waals surface area contributed by atoms with Crippen LogP contribution in [0.3, 0.4) is 0 Å². The van der Waals surface area contributed by atoms with Gasteiger partial charge in [-0.05, 0) is 53.9 Å². The van der Waals surface area contributed by atoms with Crippen LogP contribution in [0.4, 0.5) is 0 Å². The molecule has 2 heterocycles. The maximum absolute atomic E-state index is 5.25. The van der Waals surface area contributed by atoms with E-state index in [0.29, 0.717) is 0 Å². The Morgan fingerprint density at radius 1 is 0.838 bits per heavy atom. The molecular formula is C34H52S2Si. The Hall–Kier alpha value is -1.03. The van der Waals surface area contributed by atoms with Crippen molar-refractivity contribution in [3.63, 3.8) is 0 Å². The average molecular weight is 553 g/mol. The van der Waals surface area contributed by atoms with E-state index in [0.717, 1.165) is 12.3 Å². The van der Waals surface area contributed by atoms with Gasteiger partial charge in [-0.15, -0.1) is 24.0 Å². The van der Waals surface area contributed by atoms with Crippen LogP contribution < -0.4 is 10.4 Å².